The van der Waals surface area contributed by atoms with Crippen molar-refractivity contribution in [3.8, 4) is 11.1 Å². The topological polar surface area (TPSA) is 6.48 Å². The van der Waals surface area contributed by atoms with Crippen LogP contribution in [-0.2, 0) is 5.41 Å². The lowest BCUT2D eigenvalue weighted by Gasteiger charge is -2.30. The maximum absolute atomic E-state index is 2.53. The van der Waals surface area contributed by atoms with Crippen LogP contribution < -0.4 is 9.80 Å². The third-order valence-corrected chi connectivity index (χ3v) is 14.4. The Morgan fingerprint density at radius 3 is 1.12 bits per heavy atom. The third kappa shape index (κ3) is 7.19. The maximum atomic E-state index is 2.53. The molecular weight excluding hydrogens is 785 g/mol. The minimum atomic E-state index is -0.305. The number of nitrogens with zero attached hydrogens (tertiary/aromatic N) is 2. The van der Waals surface area contributed by atoms with Gasteiger partial charge in [-0.25, -0.2) is 0 Å². The van der Waals surface area contributed by atoms with Crippen molar-refractivity contribution >= 4 is 66.4 Å². The molecule has 0 unspecified atom stereocenters. The van der Waals surface area contributed by atoms with Gasteiger partial charge in [0.25, 0.3) is 0 Å². The van der Waals surface area contributed by atoms with Crippen molar-refractivity contribution in [3.63, 3.8) is 0 Å². The number of anilines is 6. The number of hydrogen-bond acceptors (Lipinski definition) is 2. The lowest BCUT2D eigenvalue weighted by molar-refractivity contribution is 0.667. The second-order valence-electron chi connectivity index (χ2n) is 20.2. The van der Waals surface area contributed by atoms with E-state index in [0.717, 1.165) is 28.4 Å². The number of fused-ring (bicyclic) bond motifs is 10. The first-order valence-electron chi connectivity index (χ1n) is 23.9. The number of rotatable bonds is 10. The number of hydrogen-bond donors (Lipinski definition) is 0. The van der Waals surface area contributed by atoms with Crippen LogP contribution in [0.5, 0.6) is 0 Å². The van der Waals surface area contributed by atoms with Crippen molar-refractivity contribution in [3.05, 3.63) is 203 Å². The fourth-order valence-corrected chi connectivity index (χ4v) is 10.6. The first-order valence-corrected chi connectivity index (χ1v) is 23.9. The lowest BCUT2D eigenvalue weighted by atomic mass is 9.79. The van der Waals surface area contributed by atoms with E-state index in [1.165, 1.54) is 82.5 Å². The van der Waals surface area contributed by atoms with Gasteiger partial charge in [0.1, 0.15) is 0 Å². The molecule has 9 aromatic carbocycles. The summed E-state index contributed by atoms with van der Waals surface area (Å²) in [6, 6.07) is 64.8. The minimum absolute atomic E-state index is 0.305. The molecule has 0 amide bonds. The van der Waals surface area contributed by atoms with Gasteiger partial charge in [-0.15, -0.1) is 0 Å². The van der Waals surface area contributed by atoms with Gasteiger partial charge in [-0.2, -0.15) is 0 Å². The fraction of sp³-hybridized carbons (Fsp3) is 0.238. The van der Waals surface area contributed by atoms with Crippen molar-refractivity contribution in [1.29, 1.82) is 0 Å². The highest BCUT2D eigenvalue weighted by Gasteiger charge is 2.41. The summed E-state index contributed by atoms with van der Waals surface area (Å²) in [6.45, 7) is 23.0. The normalized spacial score (nSPS) is 13.1. The molecule has 2 heteroatoms. The summed E-state index contributed by atoms with van der Waals surface area (Å²) in [4.78, 5) is 4.93. The molecule has 65 heavy (non-hydrogen) atoms. The Kier molecular flexibility index (Phi) is 10.7. The molecule has 2 nitrogen and oxygen atoms in total. The Morgan fingerprint density at radius 1 is 0.323 bits per heavy atom. The Bertz CT molecular complexity index is 3100. The van der Waals surface area contributed by atoms with E-state index < -0.39 is 0 Å². The van der Waals surface area contributed by atoms with Crippen molar-refractivity contribution in [1.82, 2.24) is 0 Å². The van der Waals surface area contributed by atoms with Gasteiger partial charge in [-0.3, -0.25) is 0 Å². The molecule has 1 aliphatic rings. The summed E-state index contributed by atoms with van der Waals surface area (Å²) < 4.78 is 0. The molecule has 0 aromatic heterocycles. The van der Waals surface area contributed by atoms with Gasteiger partial charge >= 0.3 is 0 Å². The molecule has 0 N–H and O–H groups in total. The molecule has 0 spiro atoms. The largest absolute Gasteiger partial charge is 0.310 e. The summed E-state index contributed by atoms with van der Waals surface area (Å²) in [6.07, 6.45) is 0. The smallest absolute Gasteiger partial charge is 0.0543 e. The highest BCUT2D eigenvalue weighted by Crippen LogP contribution is 2.59. The lowest BCUT2D eigenvalue weighted by Crippen LogP contribution is -2.17. The van der Waals surface area contributed by atoms with E-state index in [1.54, 1.807) is 0 Å². The zero-order valence-corrected chi connectivity index (χ0v) is 39.9. The van der Waals surface area contributed by atoms with Crippen LogP contribution in [-0.4, -0.2) is 0 Å². The van der Waals surface area contributed by atoms with Crippen molar-refractivity contribution in [2.45, 2.75) is 98.3 Å². The Labute approximate surface area is 387 Å². The second-order valence-corrected chi connectivity index (χ2v) is 20.2. The van der Waals surface area contributed by atoms with E-state index in [2.05, 4.69) is 249 Å². The van der Waals surface area contributed by atoms with E-state index in [1.807, 2.05) is 0 Å². The van der Waals surface area contributed by atoms with E-state index in [9.17, 15) is 0 Å². The van der Waals surface area contributed by atoms with Gasteiger partial charge in [-0.05, 0) is 162 Å². The zero-order valence-electron chi connectivity index (χ0n) is 39.9. The van der Waals surface area contributed by atoms with Crippen LogP contribution in [0.1, 0.15) is 126 Å². The van der Waals surface area contributed by atoms with E-state index >= 15 is 0 Å². The molecule has 0 saturated carbocycles. The molecule has 10 rings (SSSR count). The molecule has 324 valence electrons. The quantitative estimate of drug-likeness (QED) is 0.127. The molecule has 0 aliphatic heterocycles. The predicted octanol–water partition coefficient (Wildman–Crippen LogP) is 18.9. The summed E-state index contributed by atoms with van der Waals surface area (Å²) >= 11 is 0. The minimum Gasteiger partial charge on any atom is -0.310 e. The molecule has 0 saturated heterocycles. The molecule has 0 atom stereocenters. The van der Waals surface area contributed by atoms with Crippen molar-refractivity contribution < 1.29 is 0 Å². The van der Waals surface area contributed by atoms with Gasteiger partial charge < -0.3 is 9.80 Å². The first-order chi connectivity index (χ1) is 31.3. The van der Waals surface area contributed by atoms with E-state index in [-0.39, 0.29) is 5.41 Å². The average Bonchev–Trinajstić information content (AvgIpc) is 3.56. The second kappa shape index (κ2) is 16.4. The van der Waals surface area contributed by atoms with Gasteiger partial charge in [0.05, 0.1) is 5.69 Å². The van der Waals surface area contributed by atoms with Gasteiger partial charge in [0.2, 0.25) is 0 Å². The summed E-state index contributed by atoms with van der Waals surface area (Å²) in [7, 11) is 0. The summed E-state index contributed by atoms with van der Waals surface area (Å²) in [5, 5.41) is 7.71. The predicted molar refractivity (Wildman–Crippen MR) is 282 cm³/mol. The highest BCUT2D eigenvalue weighted by molar-refractivity contribution is 6.23. The average molecular weight is 847 g/mol. The van der Waals surface area contributed by atoms with E-state index in [4.69, 9.17) is 0 Å². The summed E-state index contributed by atoms with van der Waals surface area (Å²) in [5.41, 5.74) is 17.6. The van der Waals surface area contributed by atoms with Crippen LogP contribution in [0.2, 0.25) is 0 Å². The van der Waals surface area contributed by atoms with Crippen molar-refractivity contribution in [2.75, 3.05) is 9.80 Å². The molecular formula is C63H62N2. The summed E-state index contributed by atoms with van der Waals surface area (Å²) in [5.74, 6) is 1.85. The standard InChI is InChI=1S/C63H62N2/c1-39(2)43-19-27-47(28-20-43)64(48-29-21-44(22-30-48)40(3)4)51-35-36-56-57(37-51)52-15-11-13-17-54(52)61-60-55-18-14-12-16-53(55)59(38-58(60)63(9,10)62(56)61)65(49-31-23-45(24-32-49)41(5)6)50-33-25-46(26-34-50)42(7)8/h11-42H,1-10H3. The molecule has 0 heterocycles. The highest BCUT2D eigenvalue weighted by atomic mass is 15.1. The van der Waals surface area contributed by atoms with Crippen LogP contribution in [0.3, 0.4) is 0 Å². The van der Waals surface area contributed by atoms with E-state index in [0.29, 0.717) is 23.7 Å². The molecule has 1 aliphatic carbocycles. The Morgan fingerprint density at radius 2 is 0.692 bits per heavy atom. The van der Waals surface area contributed by atoms with Gasteiger partial charge in [0, 0.05) is 39.2 Å². The van der Waals surface area contributed by atoms with Gasteiger partial charge in [0.15, 0.2) is 0 Å². The number of benzene rings is 9. The van der Waals surface area contributed by atoms with Crippen LogP contribution >= 0.6 is 0 Å². The Hall–Kier alpha value is -6.64. The van der Waals surface area contributed by atoms with Crippen LogP contribution in [0.25, 0.3) is 43.4 Å². The fourth-order valence-electron chi connectivity index (χ4n) is 10.6. The van der Waals surface area contributed by atoms with Crippen LogP contribution in [0.4, 0.5) is 34.1 Å². The van der Waals surface area contributed by atoms with Gasteiger partial charge in [-0.1, -0.05) is 172 Å². The van der Waals surface area contributed by atoms with Crippen molar-refractivity contribution in [2.24, 2.45) is 0 Å². The maximum Gasteiger partial charge on any atom is 0.0543 e. The molecule has 0 bridgehead atoms. The van der Waals surface area contributed by atoms with Crippen LogP contribution in [0, 0.1) is 0 Å². The third-order valence-electron chi connectivity index (χ3n) is 14.4. The first kappa shape index (κ1) is 42.3. The molecule has 0 fully saturated rings. The monoisotopic (exact) mass is 846 g/mol. The SMILES string of the molecule is CC(C)c1ccc(N(c2ccc(C(C)C)cc2)c2ccc3c4c(c5ccccc5c3c2)-c2c(cc(N(c3ccc(C(C)C)cc3)c3ccc(C(C)C)cc3)c3ccccc23)C4(C)C)cc1. The Balaban J connectivity index is 1.20. The zero-order chi connectivity index (χ0) is 45.3. The molecule has 9 aromatic rings. The van der Waals surface area contributed by atoms with Crippen LogP contribution in [0.15, 0.2) is 170 Å². The molecule has 0 radical (unpaired) electrons.